The van der Waals surface area contributed by atoms with Crippen molar-refractivity contribution in [3.63, 3.8) is 0 Å². The molecule has 0 unspecified atom stereocenters. The van der Waals surface area contributed by atoms with Crippen LogP contribution in [0.2, 0.25) is 0 Å². The second-order valence-corrected chi connectivity index (χ2v) is 13.6. The van der Waals surface area contributed by atoms with Crippen molar-refractivity contribution in [1.29, 1.82) is 0 Å². The average molecular weight is 691 g/mol. The molecule has 0 bridgehead atoms. The Morgan fingerprint density at radius 1 is 0.389 bits per heavy atom. The fourth-order valence-electron chi connectivity index (χ4n) is 7.89. The van der Waals surface area contributed by atoms with Crippen molar-refractivity contribution in [2.24, 2.45) is 0 Å². The largest absolute Gasteiger partial charge is 0.455 e. The van der Waals surface area contributed by atoms with E-state index in [-0.39, 0.29) is 0 Å². The molecule has 0 spiro atoms. The predicted octanol–water partition coefficient (Wildman–Crippen LogP) is 12.7. The van der Waals surface area contributed by atoms with Crippen LogP contribution < -0.4 is 0 Å². The maximum Gasteiger partial charge on any atom is 0.238 e. The molecule has 11 aromatic rings. The number of furan rings is 1. The van der Waals surface area contributed by atoms with E-state index in [4.69, 9.17) is 19.4 Å². The van der Waals surface area contributed by atoms with E-state index < -0.39 is 0 Å². The van der Waals surface area contributed by atoms with Crippen LogP contribution in [0.25, 0.3) is 105 Å². The van der Waals surface area contributed by atoms with Gasteiger partial charge in [-0.2, -0.15) is 9.97 Å². The van der Waals surface area contributed by atoms with Gasteiger partial charge < -0.3 is 4.42 Å². The van der Waals surface area contributed by atoms with Gasteiger partial charge in [-0.05, 0) is 40.1 Å². The Kier molecular flexibility index (Phi) is 6.79. The summed E-state index contributed by atoms with van der Waals surface area (Å²) in [5.41, 5.74) is 9.92. The van der Waals surface area contributed by atoms with Gasteiger partial charge in [0, 0.05) is 43.8 Å². The van der Waals surface area contributed by atoms with Crippen molar-refractivity contribution in [1.82, 2.24) is 19.5 Å². The Morgan fingerprint density at radius 2 is 0.944 bits per heavy atom. The number of fused-ring (bicyclic) bond motifs is 7. The first-order valence-electron chi connectivity index (χ1n) is 18.1. The minimum Gasteiger partial charge on any atom is -0.455 e. The first-order valence-corrected chi connectivity index (χ1v) is 18.1. The minimum atomic E-state index is 0.547. The third-order valence-corrected chi connectivity index (χ3v) is 10.5. The van der Waals surface area contributed by atoms with E-state index >= 15 is 0 Å². The smallest absolute Gasteiger partial charge is 0.238 e. The topological polar surface area (TPSA) is 56.7 Å². The molecule has 54 heavy (non-hydrogen) atoms. The predicted molar refractivity (Wildman–Crippen MR) is 221 cm³/mol. The van der Waals surface area contributed by atoms with Crippen LogP contribution in [0.4, 0.5) is 0 Å². The molecule has 252 valence electrons. The standard InChI is InChI=1S/C49H30N4O/c1-3-13-31(14-4-1)32-25-27-34(28-26-32)48-50-47(33-15-5-2-6-16-33)51-49(52-48)53-43-30-36-18-8-7-17-35(36)29-42(43)39-21-11-20-38(45(39)53)41-23-12-22-40-37-19-9-10-24-44(37)54-46(40)41/h1-30H. The maximum absolute atomic E-state index is 6.61. The fraction of sp³-hybridized carbons (Fsp3) is 0. The lowest BCUT2D eigenvalue weighted by Crippen LogP contribution is -2.07. The summed E-state index contributed by atoms with van der Waals surface area (Å²) in [4.78, 5) is 15.7. The summed E-state index contributed by atoms with van der Waals surface area (Å²) in [5.74, 6) is 1.76. The molecule has 0 aliphatic rings. The van der Waals surface area contributed by atoms with Crippen molar-refractivity contribution < 1.29 is 4.42 Å². The Bertz CT molecular complexity index is 3200. The van der Waals surface area contributed by atoms with Crippen molar-refractivity contribution >= 4 is 54.5 Å². The van der Waals surface area contributed by atoms with Crippen LogP contribution in [0.5, 0.6) is 0 Å². The molecule has 0 atom stereocenters. The SMILES string of the molecule is c1ccc(-c2ccc(-c3nc(-c4ccccc4)nc(-n4c5cc6ccccc6cc5c5cccc(-c6cccc7c6oc6ccccc67)c54)n3)cc2)cc1. The molecule has 0 aliphatic carbocycles. The van der Waals surface area contributed by atoms with E-state index in [9.17, 15) is 0 Å². The number of rotatable bonds is 5. The molecule has 0 amide bonds. The summed E-state index contributed by atoms with van der Waals surface area (Å²) in [6, 6.07) is 63.3. The van der Waals surface area contributed by atoms with Crippen LogP contribution in [-0.4, -0.2) is 19.5 Å². The van der Waals surface area contributed by atoms with Gasteiger partial charge in [-0.3, -0.25) is 4.57 Å². The summed E-state index contributed by atoms with van der Waals surface area (Å²) < 4.78 is 8.84. The van der Waals surface area contributed by atoms with E-state index in [0.29, 0.717) is 17.6 Å². The summed E-state index contributed by atoms with van der Waals surface area (Å²) in [6.45, 7) is 0. The molecule has 0 aliphatic heterocycles. The third-order valence-electron chi connectivity index (χ3n) is 10.5. The molecule has 5 nitrogen and oxygen atoms in total. The quantitative estimate of drug-likeness (QED) is 0.180. The number of benzene rings is 8. The number of aromatic nitrogens is 4. The van der Waals surface area contributed by atoms with Crippen LogP contribution in [0, 0.1) is 0 Å². The monoisotopic (exact) mass is 690 g/mol. The second-order valence-electron chi connectivity index (χ2n) is 13.6. The van der Waals surface area contributed by atoms with Gasteiger partial charge in [0.2, 0.25) is 5.95 Å². The number of hydrogen-bond acceptors (Lipinski definition) is 4. The molecule has 11 rings (SSSR count). The molecule has 3 heterocycles. The second kappa shape index (κ2) is 12.1. The van der Waals surface area contributed by atoms with Crippen LogP contribution in [0.15, 0.2) is 186 Å². The van der Waals surface area contributed by atoms with Crippen LogP contribution >= 0.6 is 0 Å². The molecule has 5 heteroatoms. The van der Waals surface area contributed by atoms with Gasteiger partial charge >= 0.3 is 0 Å². The van der Waals surface area contributed by atoms with E-state index in [1.807, 2.05) is 36.4 Å². The number of para-hydroxylation sites is 3. The van der Waals surface area contributed by atoms with E-state index in [2.05, 4.69) is 150 Å². The fourth-order valence-corrected chi connectivity index (χ4v) is 7.89. The van der Waals surface area contributed by atoms with Crippen LogP contribution in [0.1, 0.15) is 0 Å². The lowest BCUT2D eigenvalue weighted by Gasteiger charge is -2.13. The van der Waals surface area contributed by atoms with E-state index in [1.165, 1.54) is 5.39 Å². The first kappa shape index (κ1) is 30.3. The highest BCUT2D eigenvalue weighted by Crippen LogP contribution is 2.43. The van der Waals surface area contributed by atoms with Gasteiger partial charge in [0.1, 0.15) is 11.2 Å². The molecule has 0 radical (unpaired) electrons. The molecular formula is C49H30N4O. The Hall–Kier alpha value is -7.37. The highest BCUT2D eigenvalue weighted by atomic mass is 16.3. The molecule has 8 aromatic carbocycles. The summed E-state index contributed by atoms with van der Waals surface area (Å²) in [6.07, 6.45) is 0. The van der Waals surface area contributed by atoms with Gasteiger partial charge in [-0.25, -0.2) is 4.98 Å². The van der Waals surface area contributed by atoms with Crippen LogP contribution in [-0.2, 0) is 0 Å². The normalized spacial score (nSPS) is 11.7. The first-order chi connectivity index (χ1) is 26.8. The van der Waals surface area contributed by atoms with E-state index in [1.54, 1.807) is 0 Å². The Labute approximate surface area is 310 Å². The highest BCUT2D eigenvalue weighted by molar-refractivity contribution is 6.19. The molecular weight excluding hydrogens is 661 g/mol. The molecule has 0 saturated carbocycles. The number of nitrogens with zero attached hydrogens (tertiary/aromatic N) is 4. The highest BCUT2D eigenvalue weighted by Gasteiger charge is 2.23. The summed E-state index contributed by atoms with van der Waals surface area (Å²) in [5, 5.41) is 6.73. The zero-order valence-electron chi connectivity index (χ0n) is 29.0. The lowest BCUT2D eigenvalue weighted by atomic mass is 9.99. The molecule has 0 fully saturated rings. The lowest BCUT2D eigenvalue weighted by molar-refractivity contribution is 0.670. The summed E-state index contributed by atoms with van der Waals surface area (Å²) in [7, 11) is 0. The van der Waals surface area contributed by atoms with Crippen molar-refractivity contribution in [3.8, 4) is 51.0 Å². The van der Waals surface area contributed by atoms with Gasteiger partial charge in [-0.1, -0.05) is 164 Å². The van der Waals surface area contributed by atoms with Crippen molar-refractivity contribution in [3.05, 3.63) is 182 Å². The zero-order chi connectivity index (χ0) is 35.6. The van der Waals surface area contributed by atoms with Crippen molar-refractivity contribution in [2.75, 3.05) is 0 Å². The third kappa shape index (κ3) is 4.83. The minimum absolute atomic E-state index is 0.547. The van der Waals surface area contributed by atoms with Crippen LogP contribution in [0.3, 0.4) is 0 Å². The van der Waals surface area contributed by atoms with Gasteiger partial charge in [0.25, 0.3) is 0 Å². The van der Waals surface area contributed by atoms with Gasteiger partial charge in [-0.15, -0.1) is 0 Å². The van der Waals surface area contributed by atoms with Gasteiger partial charge in [0.15, 0.2) is 11.6 Å². The zero-order valence-corrected chi connectivity index (χ0v) is 29.0. The number of hydrogen-bond donors (Lipinski definition) is 0. The van der Waals surface area contributed by atoms with E-state index in [0.717, 1.165) is 82.5 Å². The average Bonchev–Trinajstić information content (AvgIpc) is 3.79. The van der Waals surface area contributed by atoms with Crippen molar-refractivity contribution in [2.45, 2.75) is 0 Å². The van der Waals surface area contributed by atoms with Gasteiger partial charge in [0.05, 0.1) is 11.0 Å². The Balaban J connectivity index is 1.22. The summed E-state index contributed by atoms with van der Waals surface area (Å²) >= 11 is 0. The molecule has 0 N–H and O–H groups in total. The Morgan fingerprint density at radius 3 is 1.70 bits per heavy atom. The molecule has 3 aromatic heterocycles. The maximum atomic E-state index is 6.61. The molecule has 0 saturated heterocycles.